The highest BCUT2D eigenvalue weighted by Gasteiger charge is 2.14. The van der Waals surface area contributed by atoms with E-state index < -0.39 is 10.0 Å². The van der Waals surface area contributed by atoms with Crippen molar-refractivity contribution in [2.75, 3.05) is 24.4 Å². The van der Waals surface area contributed by atoms with E-state index in [1.807, 2.05) is 6.26 Å². The first-order valence-corrected chi connectivity index (χ1v) is 6.70. The summed E-state index contributed by atoms with van der Waals surface area (Å²) in [5.74, 6) is 0.646. The molecule has 0 aromatic heterocycles. The van der Waals surface area contributed by atoms with Gasteiger partial charge in [-0.15, -0.1) is 0 Å². The van der Waals surface area contributed by atoms with Crippen LogP contribution in [0, 0.1) is 0 Å². The fourth-order valence-corrected chi connectivity index (χ4v) is 2.19. The van der Waals surface area contributed by atoms with Crippen LogP contribution in [0.1, 0.15) is 6.92 Å². The highest BCUT2D eigenvalue weighted by atomic mass is 32.2. The Kier molecular flexibility index (Phi) is 5.90. The van der Waals surface area contributed by atoms with Crippen molar-refractivity contribution in [2.45, 2.75) is 13.0 Å². The first-order chi connectivity index (χ1) is 5.55. The third-order valence-corrected chi connectivity index (χ3v) is 3.50. The number of aliphatic hydroxyl groups excluding tert-OH is 1. The fraction of sp³-hybridized carbons (Fsp3) is 1.00. The Balaban J connectivity index is 4.02. The van der Waals surface area contributed by atoms with Gasteiger partial charge in [-0.2, -0.15) is 11.8 Å². The molecule has 0 aliphatic rings. The molecule has 2 N–H and O–H groups in total. The monoisotopic (exact) mass is 213 g/mol. The van der Waals surface area contributed by atoms with Crippen molar-refractivity contribution < 1.29 is 13.5 Å². The molecule has 12 heavy (non-hydrogen) atoms. The van der Waals surface area contributed by atoms with Crippen LogP contribution in [-0.4, -0.2) is 43.9 Å². The second-order valence-electron chi connectivity index (χ2n) is 2.36. The molecule has 0 aliphatic heterocycles. The summed E-state index contributed by atoms with van der Waals surface area (Å²) < 4.78 is 24.4. The van der Waals surface area contributed by atoms with Crippen LogP contribution in [0.5, 0.6) is 0 Å². The van der Waals surface area contributed by atoms with Gasteiger partial charge in [0.15, 0.2) is 0 Å². The van der Waals surface area contributed by atoms with E-state index in [0.29, 0.717) is 5.75 Å². The Morgan fingerprint density at radius 3 is 2.50 bits per heavy atom. The molecule has 0 amide bonds. The van der Waals surface area contributed by atoms with Crippen LogP contribution in [0.15, 0.2) is 0 Å². The molecule has 0 fully saturated rings. The maximum absolute atomic E-state index is 11.0. The second-order valence-corrected chi connectivity index (χ2v) is 5.31. The molecular formula is C6H15NO3S2. The van der Waals surface area contributed by atoms with Gasteiger partial charge >= 0.3 is 0 Å². The zero-order chi connectivity index (χ0) is 9.61. The normalized spacial score (nSPS) is 14.6. The van der Waals surface area contributed by atoms with Gasteiger partial charge in [0.25, 0.3) is 0 Å². The van der Waals surface area contributed by atoms with Gasteiger partial charge in [-0.25, -0.2) is 13.1 Å². The summed E-state index contributed by atoms with van der Waals surface area (Å²) >= 11 is 1.50. The quantitative estimate of drug-likeness (QED) is 0.633. The van der Waals surface area contributed by atoms with Gasteiger partial charge in [-0.1, -0.05) is 0 Å². The lowest BCUT2D eigenvalue weighted by Crippen LogP contribution is -2.39. The smallest absolute Gasteiger partial charge is 0.211 e. The van der Waals surface area contributed by atoms with Crippen molar-refractivity contribution in [3.8, 4) is 0 Å². The summed E-state index contributed by atoms with van der Waals surface area (Å²) in [5, 5.41) is 8.78. The van der Waals surface area contributed by atoms with Crippen LogP contribution >= 0.6 is 11.8 Å². The number of aliphatic hydroxyl groups is 1. The topological polar surface area (TPSA) is 66.4 Å². The molecule has 0 saturated heterocycles. The van der Waals surface area contributed by atoms with Gasteiger partial charge in [0.05, 0.1) is 18.4 Å². The highest BCUT2D eigenvalue weighted by molar-refractivity contribution is 7.98. The van der Waals surface area contributed by atoms with Crippen LogP contribution in [0.25, 0.3) is 0 Å². The molecule has 4 nitrogen and oxygen atoms in total. The molecule has 6 heteroatoms. The minimum atomic E-state index is -3.18. The minimum absolute atomic E-state index is 0.0535. The van der Waals surface area contributed by atoms with Crippen LogP contribution in [-0.2, 0) is 10.0 Å². The molecule has 0 rings (SSSR count). The standard InChI is InChI=1S/C6H15NO3S2/c1-3-12(9,10)7-6(4-8)5-11-2/h6-8H,3-5H2,1-2H3/t6-/m0/s1. The summed E-state index contributed by atoms with van der Waals surface area (Å²) in [7, 11) is -3.18. The maximum Gasteiger partial charge on any atom is 0.211 e. The lowest BCUT2D eigenvalue weighted by molar-refractivity contribution is 0.267. The van der Waals surface area contributed by atoms with E-state index >= 15 is 0 Å². The lowest BCUT2D eigenvalue weighted by Gasteiger charge is -2.13. The number of thioether (sulfide) groups is 1. The number of sulfonamides is 1. The largest absolute Gasteiger partial charge is 0.395 e. The van der Waals surface area contributed by atoms with Gasteiger partial charge in [0.2, 0.25) is 10.0 Å². The molecule has 0 radical (unpaired) electrons. The molecule has 0 spiro atoms. The van der Waals surface area contributed by atoms with E-state index in [4.69, 9.17) is 5.11 Å². The highest BCUT2D eigenvalue weighted by Crippen LogP contribution is 1.98. The number of nitrogens with one attached hydrogen (secondary N) is 1. The predicted octanol–water partition coefficient (Wildman–Crippen LogP) is -0.350. The summed E-state index contributed by atoms with van der Waals surface area (Å²) in [6.07, 6.45) is 1.86. The van der Waals surface area contributed by atoms with Gasteiger partial charge in [0, 0.05) is 5.75 Å². The number of hydrogen-bond donors (Lipinski definition) is 2. The van der Waals surface area contributed by atoms with E-state index in [-0.39, 0.29) is 18.4 Å². The van der Waals surface area contributed by atoms with Gasteiger partial charge in [0.1, 0.15) is 0 Å². The molecule has 74 valence electrons. The Labute approximate surface area is 77.8 Å². The van der Waals surface area contributed by atoms with E-state index in [9.17, 15) is 8.42 Å². The zero-order valence-electron chi connectivity index (χ0n) is 7.28. The maximum atomic E-state index is 11.0. The first-order valence-electron chi connectivity index (χ1n) is 3.65. The summed E-state index contributed by atoms with van der Waals surface area (Å²) in [6, 6.07) is -0.357. The third-order valence-electron chi connectivity index (χ3n) is 1.31. The SMILES string of the molecule is CCS(=O)(=O)N[C@@H](CO)CSC. The van der Waals surface area contributed by atoms with Crippen molar-refractivity contribution in [1.29, 1.82) is 0 Å². The van der Waals surface area contributed by atoms with Gasteiger partial charge in [-0.3, -0.25) is 0 Å². The zero-order valence-corrected chi connectivity index (χ0v) is 8.91. The molecule has 0 unspecified atom stereocenters. The molecule has 1 atom stereocenters. The Morgan fingerprint density at radius 2 is 2.17 bits per heavy atom. The number of hydrogen-bond acceptors (Lipinski definition) is 4. The van der Waals surface area contributed by atoms with Crippen LogP contribution in [0.4, 0.5) is 0 Å². The summed E-state index contributed by atoms with van der Waals surface area (Å²) in [6.45, 7) is 1.41. The average molecular weight is 213 g/mol. The van der Waals surface area contributed by atoms with Gasteiger partial charge in [-0.05, 0) is 13.2 Å². The predicted molar refractivity (Wildman–Crippen MR) is 51.9 cm³/mol. The second kappa shape index (κ2) is 5.80. The minimum Gasteiger partial charge on any atom is -0.395 e. The molecule has 0 aromatic rings. The van der Waals surface area contributed by atoms with Crippen LogP contribution < -0.4 is 4.72 Å². The van der Waals surface area contributed by atoms with Crippen molar-refractivity contribution in [1.82, 2.24) is 4.72 Å². The molecule has 0 bridgehead atoms. The van der Waals surface area contributed by atoms with Crippen LogP contribution in [0.3, 0.4) is 0 Å². The third kappa shape index (κ3) is 4.97. The first kappa shape index (κ1) is 12.2. The van der Waals surface area contributed by atoms with Gasteiger partial charge < -0.3 is 5.11 Å². The Hall–Kier alpha value is 0.220. The molecule has 0 aliphatic carbocycles. The molecule has 0 aromatic carbocycles. The number of rotatable bonds is 6. The Bertz CT molecular complexity index is 203. The van der Waals surface area contributed by atoms with E-state index in [0.717, 1.165) is 0 Å². The fourth-order valence-electron chi connectivity index (χ4n) is 0.662. The van der Waals surface area contributed by atoms with Crippen molar-refractivity contribution >= 4 is 21.8 Å². The molecule has 0 heterocycles. The molecular weight excluding hydrogens is 198 g/mol. The van der Waals surface area contributed by atoms with Crippen molar-refractivity contribution in [3.05, 3.63) is 0 Å². The van der Waals surface area contributed by atoms with E-state index in [1.54, 1.807) is 6.92 Å². The average Bonchev–Trinajstić information content (AvgIpc) is 2.03. The van der Waals surface area contributed by atoms with Crippen LogP contribution in [0.2, 0.25) is 0 Å². The van der Waals surface area contributed by atoms with E-state index in [2.05, 4.69) is 4.72 Å². The van der Waals surface area contributed by atoms with Crippen molar-refractivity contribution in [3.63, 3.8) is 0 Å². The lowest BCUT2D eigenvalue weighted by atomic mass is 10.4. The molecule has 0 saturated carbocycles. The van der Waals surface area contributed by atoms with E-state index in [1.165, 1.54) is 11.8 Å². The Morgan fingerprint density at radius 1 is 1.58 bits per heavy atom. The van der Waals surface area contributed by atoms with Crippen molar-refractivity contribution in [2.24, 2.45) is 0 Å². The summed E-state index contributed by atoms with van der Waals surface area (Å²) in [5.41, 5.74) is 0. The summed E-state index contributed by atoms with van der Waals surface area (Å²) in [4.78, 5) is 0.